The second kappa shape index (κ2) is 4.93. The second-order valence-electron chi connectivity index (χ2n) is 2.60. The Morgan fingerprint density at radius 1 is 1.50 bits per heavy atom. The van der Waals surface area contributed by atoms with Gasteiger partial charge in [-0.1, -0.05) is 0 Å². The first kappa shape index (κ1) is 13.1. The van der Waals surface area contributed by atoms with Gasteiger partial charge in [-0.15, -0.1) is 13.2 Å². The van der Waals surface area contributed by atoms with Gasteiger partial charge in [0.1, 0.15) is 18.1 Å². The van der Waals surface area contributed by atoms with Crippen molar-refractivity contribution in [1.82, 2.24) is 4.98 Å². The number of aromatic nitrogens is 1. The van der Waals surface area contributed by atoms with Crippen LogP contribution in [0.5, 0.6) is 5.75 Å². The standard InChI is InChI=1S/C8H4F4INO2/c9-2-5-7(16-8(10,11)12)1-4(13)6(3-15)14-5/h1,3H,2H2. The van der Waals surface area contributed by atoms with Crippen LogP contribution in [0, 0.1) is 3.57 Å². The number of ether oxygens (including phenoxy) is 1. The van der Waals surface area contributed by atoms with E-state index in [9.17, 15) is 22.4 Å². The van der Waals surface area contributed by atoms with Crippen LogP contribution in [0.25, 0.3) is 0 Å². The topological polar surface area (TPSA) is 39.2 Å². The Morgan fingerprint density at radius 3 is 2.56 bits per heavy atom. The Labute approximate surface area is 101 Å². The van der Waals surface area contributed by atoms with Gasteiger partial charge in [-0.3, -0.25) is 4.79 Å². The van der Waals surface area contributed by atoms with Gasteiger partial charge in [-0.05, 0) is 28.7 Å². The summed E-state index contributed by atoms with van der Waals surface area (Å²) in [6, 6.07) is 0.916. The second-order valence-corrected chi connectivity index (χ2v) is 3.76. The molecule has 0 spiro atoms. The van der Waals surface area contributed by atoms with E-state index in [1.54, 1.807) is 22.6 Å². The molecule has 0 unspecified atom stereocenters. The Bertz CT molecular complexity index is 408. The van der Waals surface area contributed by atoms with E-state index in [2.05, 4.69) is 9.72 Å². The number of nitrogens with zero attached hydrogens (tertiary/aromatic N) is 1. The largest absolute Gasteiger partial charge is 0.573 e. The van der Waals surface area contributed by atoms with E-state index in [-0.39, 0.29) is 9.26 Å². The number of rotatable bonds is 3. The van der Waals surface area contributed by atoms with Crippen molar-refractivity contribution in [3.05, 3.63) is 21.0 Å². The Balaban J connectivity index is 3.18. The van der Waals surface area contributed by atoms with Gasteiger partial charge >= 0.3 is 6.36 Å². The van der Waals surface area contributed by atoms with E-state index < -0.39 is 24.5 Å². The van der Waals surface area contributed by atoms with Crippen LogP contribution in [-0.4, -0.2) is 17.6 Å². The molecule has 0 saturated heterocycles. The lowest BCUT2D eigenvalue weighted by atomic mass is 10.3. The molecular weight excluding hydrogens is 345 g/mol. The summed E-state index contributed by atoms with van der Waals surface area (Å²) in [7, 11) is 0. The van der Waals surface area contributed by atoms with Crippen molar-refractivity contribution in [2.45, 2.75) is 13.0 Å². The fraction of sp³-hybridized carbons (Fsp3) is 0.250. The predicted octanol–water partition coefficient (Wildman–Crippen LogP) is 2.87. The van der Waals surface area contributed by atoms with E-state index >= 15 is 0 Å². The average molecular weight is 349 g/mol. The molecule has 0 fully saturated rings. The van der Waals surface area contributed by atoms with Crippen LogP contribution >= 0.6 is 22.6 Å². The van der Waals surface area contributed by atoms with Crippen molar-refractivity contribution in [3.8, 4) is 5.75 Å². The van der Waals surface area contributed by atoms with Gasteiger partial charge < -0.3 is 4.74 Å². The van der Waals surface area contributed by atoms with Crippen LogP contribution < -0.4 is 4.74 Å². The van der Waals surface area contributed by atoms with Gasteiger partial charge in [-0.25, -0.2) is 9.37 Å². The number of hydrogen-bond donors (Lipinski definition) is 0. The number of aldehydes is 1. The fourth-order valence-electron chi connectivity index (χ4n) is 0.918. The highest BCUT2D eigenvalue weighted by Gasteiger charge is 2.32. The maximum atomic E-state index is 12.4. The van der Waals surface area contributed by atoms with Gasteiger partial charge in [0.05, 0.1) is 0 Å². The van der Waals surface area contributed by atoms with Crippen molar-refractivity contribution >= 4 is 28.9 Å². The van der Waals surface area contributed by atoms with Crippen LogP contribution in [-0.2, 0) is 6.67 Å². The molecule has 0 aliphatic rings. The first-order valence-corrected chi connectivity index (χ1v) is 4.91. The van der Waals surface area contributed by atoms with Crippen molar-refractivity contribution in [2.24, 2.45) is 0 Å². The maximum absolute atomic E-state index is 12.4. The molecule has 0 bridgehead atoms. The van der Waals surface area contributed by atoms with Gasteiger partial charge in [0.15, 0.2) is 12.0 Å². The van der Waals surface area contributed by atoms with Gasteiger partial charge in [0, 0.05) is 3.57 Å². The Hall–Kier alpha value is -0.930. The molecule has 0 aliphatic heterocycles. The monoisotopic (exact) mass is 349 g/mol. The smallest absolute Gasteiger partial charge is 0.404 e. The van der Waals surface area contributed by atoms with Crippen LogP contribution in [0.3, 0.4) is 0 Å². The van der Waals surface area contributed by atoms with Crippen molar-refractivity contribution < 1.29 is 27.1 Å². The molecule has 0 amide bonds. The van der Waals surface area contributed by atoms with E-state index in [1.165, 1.54) is 0 Å². The normalized spacial score (nSPS) is 11.3. The summed E-state index contributed by atoms with van der Waals surface area (Å²) in [6.07, 6.45) is -4.59. The number of hydrogen-bond acceptors (Lipinski definition) is 3. The minimum Gasteiger partial charge on any atom is -0.404 e. The molecular formula is C8H4F4INO2. The highest BCUT2D eigenvalue weighted by Crippen LogP contribution is 2.28. The summed E-state index contributed by atoms with van der Waals surface area (Å²) < 4.78 is 51.9. The summed E-state index contributed by atoms with van der Waals surface area (Å²) >= 11 is 1.61. The van der Waals surface area contributed by atoms with Crippen LogP contribution in [0.1, 0.15) is 16.2 Å². The lowest BCUT2D eigenvalue weighted by Gasteiger charge is -2.12. The van der Waals surface area contributed by atoms with E-state index in [4.69, 9.17) is 0 Å². The zero-order chi connectivity index (χ0) is 12.3. The van der Waals surface area contributed by atoms with Crippen molar-refractivity contribution in [3.63, 3.8) is 0 Å². The molecule has 0 radical (unpaired) electrons. The first-order valence-electron chi connectivity index (χ1n) is 3.83. The lowest BCUT2D eigenvalue weighted by Crippen LogP contribution is -2.19. The van der Waals surface area contributed by atoms with Crippen LogP contribution in [0.2, 0.25) is 0 Å². The summed E-state index contributed by atoms with van der Waals surface area (Å²) in [5.41, 5.74) is -0.678. The maximum Gasteiger partial charge on any atom is 0.573 e. The molecule has 0 saturated carbocycles. The molecule has 0 aliphatic carbocycles. The Morgan fingerprint density at radius 2 is 2.12 bits per heavy atom. The van der Waals surface area contributed by atoms with Gasteiger partial charge in [0.25, 0.3) is 0 Å². The van der Waals surface area contributed by atoms with E-state index in [0.717, 1.165) is 6.07 Å². The highest BCUT2D eigenvalue weighted by molar-refractivity contribution is 14.1. The summed E-state index contributed by atoms with van der Waals surface area (Å²) in [5.74, 6) is -0.731. The summed E-state index contributed by atoms with van der Waals surface area (Å²) in [5, 5.41) is 0. The minimum absolute atomic E-state index is 0.122. The molecule has 88 valence electrons. The molecule has 3 nitrogen and oxygen atoms in total. The van der Waals surface area contributed by atoms with Gasteiger partial charge in [-0.2, -0.15) is 0 Å². The van der Waals surface area contributed by atoms with E-state index in [0.29, 0.717) is 6.29 Å². The third-order valence-corrected chi connectivity index (χ3v) is 2.37. The molecule has 1 aromatic heterocycles. The Kier molecular flexibility index (Phi) is 4.05. The molecule has 0 N–H and O–H groups in total. The molecule has 8 heteroatoms. The number of pyridine rings is 1. The quantitative estimate of drug-likeness (QED) is 0.479. The third-order valence-electron chi connectivity index (χ3n) is 1.51. The van der Waals surface area contributed by atoms with Crippen molar-refractivity contribution in [1.29, 1.82) is 0 Å². The average Bonchev–Trinajstić information content (AvgIpc) is 2.16. The van der Waals surface area contributed by atoms with Crippen molar-refractivity contribution in [2.75, 3.05) is 0 Å². The van der Waals surface area contributed by atoms with Gasteiger partial charge in [0.2, 0.25) is 0 Å². The molecule has 1 aromatic rings. The number of carbonyl (C=O) groups excluding carboxylic acids is 1. The zero-order valence-corrected chi connectivity index (χ0v) is 9.67. The molecule has 0 atom stereocenters. The highest BCUT2D eigenvalue weighted by atomic mass is 127. The number of carbonyl (C=O) groups is 1. The van der Waals surface area contributed by atoms with Crippen LogP contribution in [0.15, 0.2) is 6.07 Å². The third kappa shape index (κ3) is 3.29. The number of halogens is 5. The molecule has 1 heterocycles. The fourth-order valence-corrected chi connectivity index (χ4v) is 1.45. The minimum atomic E-state index is -4.92. The zero-order valence-electron chi connectivity index (χ0n) is 7.52. The summed E-state index contributed by atoms with van der Waals surface area (Å²) in [4.78, 5) is 13.9. The lowest BCUT2D eigenvalue weighted by molar-refractivity contribution is -0.275. The van der Waals surface area contributed by atoms with E-state index in [1.807, 2.05) is 0 Å². The predicted molar refractivity (Wildman–Crippen MR) is 53.8 cm³/mol. The summed E-state index contributed by atoms with van der Waals surface area (Å²) in [6.45, 7) is -1.25. The molecule has 1 rings (SSSR count). The number of alkyl halides is 4. The molecule has 16 heavy (non-hydrogen) atoms. The molecule has 0 aromatic carbocycles. The first-order chi connectivity index (χ1) is 7.37. The van der Waals surface area contributed by atoms with Crippen LogP contribution in [0.4, 0.5) is 17.6 Å². The SMILES string of the molecule is O=Cc1nc(CF)c(OC(F)(F)F)cc1I.